The molecule has 2 atom stereocenters. The number of pyridine rings is 1. The summed E-state index contributed by atoms with van der Waals surface area (Å²) in [5.74, 6) is -0.435. The lowest BCUT2D eigenvalue weighted by Crippen LogP contribution is -2.44. The van der Waals surface area contributed by atoms with Crippen molar-refractivity contribution in [3.05, 3.63) is 71.9 Å². The number of nitrogens with zero attached hydrogens (tertiary/aromatic N) is 3. The summed E-state index contributed by atoms with van der Waals surface area (Å²) in [5, 5.41) is 0. The summed E-state index contributed by atoms with van der Waals surface area (Å²) in [6, 6.07) is 8.51. The van der Waals surface area contributed by atoms with Gasteiger partial charge in [0, 0.05) is 18.2 Å². The number of likely N-dealkylation sites (tertiary alicyclic amines) is 1. The smallest absolute Gasteiger partial charge is 0.254 e. The molecule has 5 nitrogen and oxygen atoms in total. The van der Waals surface area contributed by atoms with Crippen LogP contribution in [0.25, 0.3) is 11.4 Å². The van der Waals surface area contributed by atoms with E-state index in [0.717, 1.165) is 19.0 Å². The molecule has 1 aliphatic heterocycles. The van der Waals surface area contributed by atoms with Crippen molar-refractivity contribution in [2.45, 2.75) is 31.7 Å². The maximum atomic E-state index is 13.1. The zero-order chi connectivity index (χ0) is 19.7. The van der Waals surface area contributed by atoms with Crippen molar-refractivity contribution in [3.63, 3.8) is 0 Å². The minimum atomic E-state index is -0.413. The second-order valence-electron chi connectivity index (χ2n) is 7.02. The first-order valence-corrected chi connectivity index (χ1v) is 9.15. The minimum Gasteiger partial charge on any atom is -0.448 e. The molecule has 1 saturated heterocycles. The molecule has 3 aromatic rings. The first-order valence-electron chi connectivity index (χ1n) is 9.15. The summed E-state index contributed by atoms with van der Waals surface area (Å²) in [6.07, 6.45) is 4.28. The molecule has 0 N–H and O–H groups in total. The number of carbonyl (C=O) groups excluding carboxylic acids is 1. The van der Waals surface area contributed by atoms with E-state index in [1.807, 2.05) is 6.92 Å². The predicted octanol–water partition coefficient (Wildman–Crippen LogP) is 4.42. The molecule has 7 heteroatoms. The summed E-state index contributed by atoms with van der Waals surface area (Å²) in [6.45, 7) is 2.47. The van der Waals surface area contributed by atoms with E-state index in [2.05, 4.69) is 9.97 Å². The van der Waals surface area contributed by atoms with Crippen molar-refractivity contribution in [1.29, 1.82) is 0 Å². The fraction of sp³-hybridized carbons (Fsp3) is 0.286. The maximum Gasteiger partial charge on any atom is 0.254 e. The highest BCUT2D eigenvalue weighted by Crippen LogP contribution is 2.32. The molecule has 144 valence electrons. The number of hydrogen-bond donors (Lipinski definition) is 0. The van der Waals surface area contributed by atoms with E-state index in [0.29, 0.717) is 29.4 Å². The molecule has 0 bridgehead atoms. The van der Waals surface area contributed by atoms with Crippen LogP contribution in [0, 0.1) is 11.6 Å². The van der Waals surface area contributed by atoms with E-state index >= 15 is 0 Å². The van der Waals surface area contributed by atoms with Crippen molar-refractivity contribution >= 4 is 5.91 Å². The molecule has 0 radical (unpaired) electrons. The molecular weight excluding hydrogens is 364 g/mol. The van der Waals surface area contributed by atoms with Crippen LogP contribution >= 0.6 is 0 Å². The molecule has 3 heterocycles. The lowest BCUT2D eigenvalue weighted by atomic mass is 9.92. The van der Waals surface area contributed by atoms with Gasteiger partial charge in [-0.1, -0.05) is 0 Å². The Labute approximate surface area is 161 Å². The van der Waals surface area contributed by atoms with Gasteiger partial charge in [-0.25, -0.2) is 13.8 Å². The molecule has 1 amide bonds. The third-order valence-corrected chi connectivity index (χ3v) is 5.10. The normalized spacial score (nSPS) is 19.6. The minimum absolute atomic E-state index is 0.0465. The average Bonchev–Trinajstić information content (AvgIpc) is 3.19. The lowest BCUT2D eigenvalue weighted by molar-refractivity contribution is 0.0597. The Hall–Kier alpha value is -3.09. The zero-order valence-electron chi connectivity index (χ0n) is 15.3. The van der Waals surface area contributed by atoms with Crippen LogP contribution in [0.1, 0.15) is 41.9 Å². The van der Waals surface area contributed by atoms with Gasteiger partial charge in [0.1, 0.15) is 23.6 Å². The number of oxazole rings is 1. The van der Waals surface area contributed by atoms with Crippen molar-refractivity contribution in [2.75, 3.05) is 6.54 Å². The Morgan fingerprint density at radius 1 is 1.07 bits per heavy atom. The van der Waals surface area contributed by atoms with Crippen molar-refractivity contribution in [3.8, 4) is 11.4 Å². The Kier molecular flexibility index (Phi) is 4.90. The van der Waals surface area contributed by atoms with Crippen LogP contribution in [0.15, 0.2) is 53.3 Å². The van der Waals surface area contributed by atoms with Gasteiger partial charge >= 0.3 is 0 Å². The van der Waals surface area contributed by atoms with Crippen LogP contribution in [0.3, 0.4) is 0 Å². The number of rotatable bonds is 3. The molecule has 28 heavy (non-hydrogen) atoms. The maximum absolute atomic E-state index is 13.1. The van der Waals surface area contributed by atoms with Crippen LogP contribution in [0.5, 0.6) is 0 Å². The topological polar surface area (TPSA) is 59.2 Å². The number of amides is 1. The van der Waals surface area contributed by atoms with Gasteiger partial charge in [0.15, 0.2) is 5.89 Å². The van der Waals surface area contributed by atoms with Crippen LogP contribution in [0.4, 0.5) is 8.78 Å². The summed E-state index contributed by atoms with van der Waals surface area (Å²) < 4.78 is 31.8. The molecule has 0 spiro atoms. The number of aromatic nitrogens is 2. The van der Waals surface area contributed by atoms with Crippen molar-refractivity contribution in [2.24, 2.45) is 0 Å². The van der Waals surface area contributed by atoms with Gasteiger partial charge in [-0.2, -0.15) is 0 Å². The first kappa shape index (κ1) is 18.3. The van der Waals surface area contributed by atoms with E-state index in [4.69, 9.17) is 4.42 Å². The number of halogens is 2. The molecule has 1 fully saturated rings. The van der Waals surface area contributed by atoms with E-state index < -0.39 is 5.82 Å². The Bertz CT molecular complexity index is 970. The van der Waals surface area contributed by atoms with Crippen LogP contribution in [-0.2, 0) is 0 Å². The van der Waals surface area contributed by atoms with Crippen molar-refractivity contribution < 1.29 is 18.0 Å². The average molecular weight is 383 g/mol. The molecule has 1 aromatic carbocycles. The van der Waals surface area contributed by atoms with Crippen LogP contribution in [0.2, 0.25) is 0 Å². The van der Waals surface area contributed by atoms with Gasteiger partial charge in [0.25, 0.3) is 5.91 Å². The van der Waals surface area contributed by atoms with E-state index in [-0.39, 0.29) is 23.7 Å². The molecule has 2 aromatic heterocycles. The standard InChI is InChI=1S/C21H19F2N3O2/c1-13-2-3-15(11-26(13)21(27)14-4-6-16(22)7-5-14)20-25-19(12-28-20)18-9-8-17(23)10-24-18/h4-10,12-13,15H,2-3,11H2,1H3/t13-,15+/m1/s1. The van der Waals surface area contributed by atoms with Gasteiger partial charge in [0.05, 0.1) is 17.8 Å². The quantitative estimate of drug-likeness (QED) is 0.672. The highest BCUT2D eigenvalue weighted by molar-refractivity contribution is 5.94. The number of piperidine rings is 1. The molecular formula is C21H19F2N3O2. The Morgan fingerprint density at radius 3 is 2.54 bits per heavy atom. The highest BCUT2D eigenvalue weighted by atomic mass is 19.1. The molecule has 0 aliphatic carbocycles. The zero-order valence-corrected chi connectivity index (χ0v) is 15.3. The molecule has 1 aliphatic rings. The largest absolute Gasteiger partial charge is 0.448 e. The fourth-order valence-corrected chi connectivity index (χ4v) is 3.47. The van der Waals surface area contributed by atoms with E-state index in [1.54, 1.807) is 11.0 Å². The lowest BCUT2D eigenvalue weighted by Gasteiger charge is -2.37. The van der Waals surface area contributed by atoms with E-state index in [9.17, 15) is 13.6 Å². The first-order chi connectivity index (χ1) is 13.5. The van der Waals surface area contributed by atoms with Gasteiger partial charge in [-0.15, -0.1) is 0 Å². The molecule has 4 rings (SSSR count). The third-order valence-electron chi connectivity index (χ3n) is 5.10. The highest BCUT2D eigenvalue weighted by Gasteiger charge is 2.32. The number of benzene rings is 1. The summed E-state index contributed by atoms with van der Waals surface area (Å²) >= 11 is 0. The summed E-state index contributed by atoms with van der Waals surface area (Å²) in [4.78, 5) is 23.2. The Balaban J connectivity index is 1.52. The second-order valence-corrected chi connectivity index (χ2v) is 7.02. The van der Waals surface area contributed by atoms with Crippen molar-refractivity contribution in [1.82, 2.24) is 14.9 Å². The summed E-state index contributed by atoms with van der Waals surface area (Å²) in [7, 11) is 0. The monoisotopic (exact) mass is 383 g/mol. The molecule has 0 saturated carbocycles. The van der Waals surface area contributed by atoms with Crippen LogP contribution in [-0.4, -0.2) is 33.4 Å². The number of hydrogen-bond acceptors (Lipinski definition) is 4. The molecule has 0 unspecified atom stereocenters. The summed E-state index contributed by atoms with van der Waals surface area (Å²) in [5.41, 5.74) is 1.52. The second kappa shape index (κ2) is 7.50. The third kappa shape index (κ3) is 3.65. The van der Waals surface area contributed by atoms with Gasteiger partial charge < -0.3 is 9.32 Å². The van der Waals surface area contributed by atoms with Gasteiger partial charge in [-0.3, -0.25) is 9.78 Å². The Morgan fingerprint density at radius 2 is 1.82 bits per heavy atom. The van der Waals surface area contributed by atoms with E-state index in [1.165, 1.54) is 36.6 Å². The SMILES string of the molecule is C[C@@H]1CC[C@H](c2nc(-c3ccc(F)cn3)co2)CN1C(=O)c1ccc(F)cc1. The van der Waals surface area contributed by atoms with Gasteiger partial charge in [0.2, 0.25) is 0 Å². The van der Waals surface area contributed by atoms with Crippen LogP contribution < -0.4 is 0 Å². The number of carbonyl (C=O) groups is 1. The van der Waals surface area contributed by atoms with Gasteiger partial charge in [-0.05, 0) is 56.2 Å². The fourth-order valence-electron chi connectivity index (χ4n) is 3.47. The predicted molar refractivity (Wildman–Crippen MR) is 98.6 cm³/mol.